The monoisotopic (exact) mass is 356 g/mol. The summed E-state index contributed by atoms with van der Waals surface area (Å²) in [5.74, 6) is -0.210. The first-order valence-electron chi connectivity index (χ1n) is 7.50. The van der Waals surface area contributed by atoms with E-state index in [-0.39, 0.29) is 12.5 Å². The standard InChI is InChI=1S/C18H16N2O4S/c1-24-13-8-6-12(7-9-13)10-16-18(22)20(11-17(21)19-23)14-4-2-3-5-15(14)25-16/h2-10,23H,11H2,1H3,(H,19,21). The van der Waals surface area contributed by atoms with E-state index in [2.05, 4.69) is 0 Å². The molecule has 6 nitrogen and oxygen atoms in total. The molecule has 7 heteroatoms. The first-order valence-corrected chi connectivity index (χ1v) is 8.31. The Morgan fingerprint density at radius 3 is 2.64 bits per heavy atom. The topological polar surface area (TPSA) is 78.9 Å². The molecule has 2 amide bonds. The number of anilines is 1. The molecule has 2 aromatic rings. The quantitative estimate of drug-likeness (QED) is 0.500. The number of carbonyl (C=O) groups is 2. The lowest BCUT2D eigenvalue weighted by atomic mass is 10.2. The zero-order valence-electron chi connectivity index (χ0n) is 13.4. The van der Waals surface area contributed by atoms with Gasteiger partial charge in [-0.05, 0) is 35.9 Å². The SMILES string of the molecule is COc1ccc(C=C2Sc3ccccc3N(CC(=O)NO)C2=O)cc1. The van der Waals surface area contributed by atoms with Crippen molar-refractivity contribution in [3.8, 4) is 5.75 Å². The molecule has 0 unspecified atom stereocenters. The lowest BCUT2D eigenvalue weighted by molar-refractivity contribution is -0.129. The highest BCUT2D eigenvalue weighted by molar-refractivity contribution is 8.04. The second kappa shape index (κ2) is 7.42. The molecule has 128 valence electrons. The Kier molecular flexibility index (Phi) is 5.06. The molecule has 1 heterocycles. The number of benzene rings is 2. The number of rotatable bonds is 4. The number of thioether (sulfide) groups is 1. The molecule has 0 fully saturated rings. The molecule has 0 aliphatic carbocycles. The number of methoxy groups -OCH3 is 1. The summed E-state index contributed by atoms with van der Waals surface area (Å²) in [4.78, 5) is 27.1. The third kappa shape index (κ3) is 3.67. The minimum atomic E-state index is -0.654. The fourth-order valence-corrected chi connectivity index (χ4v) is 3.51. The van der Waals surface area contributed by atoms with E-state index in [1.165, 1.54) is 16.7 Å². The highest BCUT2D eigenvalue weighted by Crippen LogP contribution is 2.41. The minimum absolute atomic E-state index is 0.257. The predicted octanol–water partition coefficient (Wildman–Crippen LogP) is 2.68. The summed E-state index contributed by atoms with van der Waals surface area (Å²) >= 11 is 1.35. The van der Waals surface area contributed by atoms with E-state index in [9.17, 15) is 9.59 Å². The van der Waals surface area contributed by atoms with Crippen molar-refractivity contribution < 1.29 is 19.5 Å². The number of fused-ring (bicyclic) bond motifs is 1. The van der Waals surface area contributed by atoms with Crippen LogP contribution in [-0.2, 0) is 9.59 Å². The summed E-state index contributed by atoms with van der Waals surface area (Å²) in [7, 11) is 1.59. The lowest BCUT2D eigenvalue weighted by Crippen LogP contribution is -2.41. The molecule has 0 saturated carbocycles. The van der Waals surface area contributed by atoms with E-state index in [1.54, 1.807) is 30.8 Å². The number of hydrogen-bond acceptors (Lipinski definition) is 5. The van der Waals surface area contributed by atoms with Gasteiger partial charge in [-0.1, -0.05) is 36.0 Å². The first-order chi connectivity index (χ1) is 12.1. The molecule has 1 aliphatic heterocycles. The van der Waals surface area contributed by atoms with Crippen LogP contribution in [0.5, 0.6) is 5.75 Å². The normalized spacial score (nSPS) is 15.0. The summed E-state index contributed by atoms with van der Waals surface area (Å²) in [6.07, 6.45) is 1.77. The van der Waals surface area contributed by atoms with Gasteiger partial charge in [-0.25, -0.2) is 5.48 Å². The molecule has 0 aromatic heterocycles. The van der Waals surface area contributed by atoms with Crippen molar-refractivity contribution in [2.75, 3.05) is 18.6 Å². The summed E-state index contributed by atoms with van der Waals surface area (Å²) in [5.41, 5.74) is 3.06. The smallest absolute Gasteiger partial charge is 0.265 e. The Morgan fingerprint density at radius 2 is 1.96 bits per heavy atom. The number of hydrogen-bond donors (Lipinski definition) is 2. The molecule has 1 aliphatic rings. The highest BCUT2D eigenvalue weighted by Gasteiger charge is 2.30. The highest BCUT2D eigenvalue weighted by atomic mass is 32.2. The number of carbonyl (C=O) groups excluding carboxylic acids is 2. The van der Waals surface area contributed by atoms with Gasteiger partial charge in [0.15, 0.2) is 0 Å². The van der Waals surface area contributed by atoms with Crippen LogP contribution in [0.1, 0.15) is 5.56 Å². The fraction of sp³-hybridized carbons (Fsp3) is 0.111. The summed E-state index contributed by atoms with van der Waals surface area (Å²) in [6, 6.07) is 14.7. The molecule has 0 atom stereocenters. The Labute approximate surface area is 149 Å². The number of para-hydroxylation sites is 1. The first kappa shape index (κ1) is 17.1. The van der Waals surface area contributed by atoms with Crippen LogP contribution in [-0.4, -0.2) is 30.7 Å². The van der Waals surface area contributed by atoms with Crippen LogP contribution in [0.25, 0.3) is 6.08 Å². The van der Waals surface area contributed by atoms with Gasteiger partial charge in [0.1, 0.15) is 12.3 Å². The molecule has 25 heavy (non-hydrogen) atoms. The summed E-state index contributed by atoms with van der Waals surface area (Å²) in [5, 5.41) is 8.78. The Hall–Kier alpha value is -2.77. The van der Waals surface area contributed by atoms with Crippen LogP contribution in [0.2, 0.25) is 0 Å². The van der Waals surface area contributed by atoms with E-state index in [0.717, 1.165) is 16.2 Å². The Morgan fingerprint density at radius 1 is 1.24 bits per heavy atom. The van der Waals surface area contributed by atoms with E-state index in [1.807, 2.05) is 36.4 Å². The van der Waals surface area contributed by atoms with Gasteiger partial charge >= 0.3 is 0 Å². The fourth-order valence-electron chi connectivity index (χ4n) is 2.45. The predicted molar refractivity (Wildman–Crippen MR) is 95.6 cm³/mol. The van der Waals surface area contributed by atoms with Crippen molar-refractivity contribution in [1.82, 2.24) is 5.48 Å². The van der Waals surface area contributed by atoms with Crippen molar-refractivity contribution in [2.24, 2.45) is 0 Å². The molecule has 0 radical (unpaired) electrons. The molecular weight excluding hydrogens is 340 g/mol. The van der Waals surface area contributed by atoms with Crippen LogP contribution in [0, 0.1) is 0 Å². The van der Waals surface area contributed by atoms with Crippen molar-refractivity contribution in [2.45, 2.75) is 4.90 Å². The van der Waals surface area contributed by atoms with Crippen molar-refractivity contribution >= 4 is 35.3 Å². The van der Waals surface area contributed by atoms with Gasteiger partial charge in [0.05, 0.1) is 17.7 Å². The van der Waals surface area contributed by atoms with Crippen LogP contribution < -0.4 is 15.1 Å². The number of ether oxygens (including phenoxy) is 1. The van der Waals surface area contributed by atoms with Gasteiger partial charge in [-0.2, -0.15) is 0 Å². The lowest BCUT2D eigenvalue weighted by Gasteiger charge is -2.29. The third-order valence-electron chi connectivity index (χ3n) is 3.67. The Bertz CT molecular complexity index is 833. The number of amides is 2. The summed E-state index contributed by atoms with van der Waals surface area (Å²) < 4.78 is 5.13. The third-order valence-corrected chi connectivity index (χ3v) is 4.75. The molecule has 0 bridgehead atoms. The zero-order valence-corrected chi connectivity index (χ0v) is 14.2. The maximum Gasteiger partial charge on any atom is 0.265 e. The average Bonchev–Trinajstić information content (AvgIpc) is 2.65. The van der Waals surface area contributed by atoms with Crippen LogP contribution in [0.4, 0.5) is 5.69 Å². The minimum Gasteiger partial charge on any atom is -0.497 e. The van der Waals surface area contributed by atoms with E-state index in [0.29, 0.717) is 10.6 Å². The number of nitrogens with one attached hydrogen (secondary N) is 1. The number of hydroxylamine groups is 1. The maximum absolute atomic E-state index is 12.8. The summed E-state index contributed by atoms with van der Waals surface area (Å²) in [6.45, 7) is -0.257. The van der Waals surface area contributed by atoms with Gasteiger partial charge in [-0.3, -0.25) is 19.7 Å². The number of nitrogens with zero attached hydrogens (tertiary/aromatic N) is 1. The van der Waals surface area contributed by atoms with Gasteiger partial charge in [0, 0.05) is 4.90 Å². The zero-order chi connectivity index (χ0) is 17.8. The second-order valence-electron chi connectivity index (χ2n) is 5.28. The molecule has 2 N–H and O–H groups in total. The van der Waals surface area contributed by atoms with E-state index in [4.69, 9.17) is 9.94 Å². The molecule has 2 aromatic carbocycles. The van der Waals surface area contributed by atoms with E-state index >= 15 is 0 Å². The molecule has 0 spiro atoms. The van der Waals surface area contributed by atoms with Crippen LogP contribution in [0.3, 0.4) is 0 Å². The van der Waals surface area contributed by atoms with E-state index < -0.39 is 5.91 Å². The van der Waals surface area contributed by atoms with Crippen LogP contribution >= 0.6 is 11.8 Å². The van der Waals surface area contributed by atoms with Gasteiger partial charge in [0.2, 0.25) is 0 Å². The maximum atomic E-state index is 12.8. The second-order valence-corrected chi connectivity index (χ2v) is 6.36. The van der Waals surface area contributed by atoms with Gasteiger partial charge in [0.25, 0.3) is 11.8 Å². The molecule has 0 saturated heterocycles. The molecular formula is C18H16N2O4S. The van der Waals surface area contributed by atoms with Gasteiger partial charge in [-0.15, -0.1) is 0 Å². The average molecular weight is 356 g/mol. The van der Waals surface area contributed by atoms with Crippen molar-refractivity contribution in [3.05, 3.63) is 59.0 Å². The Balaban J connectivity index is 1.97. The largest absolute Gasteiger partial charge is 0.497 e. The van der Waals surface area contributed by atoms with Crippen molar-refractivity contribution in [3.63, 3.8) is 0 Å². The van der Waals surface area contributed by atoms with Crippen LogP contribution in [0.15, 0.2) is 58.3 Å². The molecule has 3 rings (SSSR count). The van der Waals surface area contributed by atoms with Gasteiger partial charge < -0.3 is 4.74 Å². The van der Waals surface area contributed by atoms with Crippen molar-refractivity contribution in [1.29, 1.82) is 0 Å².